The molecule has 0 aromatic carbocycles. The SMILES string of the molecule is CCNC(C1CCC1)C1CSCCS1. The predicted octanol–water partition coefficient (Wildman–Crippen LogP) is 2.61. The molecule has 0 aromatic rings. The summed E-state index contributed by atoms with van der Waals surface area (Å²) in [7, 11) is 0. The third kappa shape index (κ3) is 2.61. The van der Waals surface area contributed by atoms with Crippen LogP contribution >= 0.6 is 23.5 Å². The van der Waals surface area contributed by atoms with Gasteiger partial charge in [0.15, 0.2) is 0 Å². The first-order valence-electron chi connectivity index (χ1n) is 5.84. The van der Waals surface area contributed by atoms with E-state index in [0.717, 1.165) is 23.8 Å². The Labute approximate surface area is 96.2 Å². The second-order valence-corrected chi connectivity index (χ2v) is 6.76. The molecule has 1 nitrogen and oxygen atoms in total. The Morgan fingerprint density at radius 2 is 2.21 bits per heavy atom. The third-order valence-corrected chi connectivity index (χ3v) is 6.22. The standard InChI is InChI=1S/C11H21NS2/c1-2-12-11(9-4-3-5-9)10-8-13-6-7-14-10/h9-12H,2-8H2,1H3. The van der Waals surface area contributed by atoms with Gasteiger partial charge in [0.1, 0.15) is 0 Å². The van der Waals surface area contributed by atoms with E-state index in [9.17, 15) is 0 Å². The molecule has 0 aromatic heterocycles. The molecule has 82 valence electrons. The minimum absolute atomic E-state index is 0.812. The molecule has 2 fully saturated rings. The van der Waals surface area contributed by atoms with Crippen LogP contribution in [0.15, 0.2) is 0 Å². The molecule has 14 heavy (non-hydrogen) atoms. The smallest absolute Gasteiger partial charge is 0.0294 e. The molecule has 1 aliphatic heterocycles. The lowest BCUT2D eigenvalue weighted by Crippen LogP contribution is -2.48. The maximum absolute atomic E-state index is 3.72. The van der Waals surface area contributed by atoms with E-state index < -0.39 is 0 Å². The Bertz CT molecular complexity index is 165. The molecule has 1 saturated carbocycles. The summed E-state index contributed by atoms with van der Waals surface area (Å²) in [6, 6.07) is 0.812. The van der Waals surface area contributed by atoms with Gasteiger partial charge >= 0.3 is 0 Å². The van der Waals surface area contributed by atoms with Gasteiger partial charge in [0.2, 0.25) is 0 Å². The zero-order valence-corrected chi connectivity index (χ0v) is 10.6. The van der Waals surface area contributed by atoms with Crippen molar-refractivity contribution in [3.05, 3.63) is 0 Å². The average Bonchev–Trinajstić information content (AvgIpc) is 2.16. The summed E-state index contributed by atoms with van der Waals surface area (Å²) in [6.45, 7) is 3.38. The van der Waals surface area contributed by atoms with E-state index in [0.29, 0.717) is 0 Å². The van der Waals surface area contributed by atoms with Crippen LogP contribution in [0.1, 0.15) is 26.2 Å². The van der Waals surface area contributed by atoms with E-state index >= 15 is 0 Å². The van der Waals surface area contributed by atoms with Crippen molar-refractivity contribution in [1.82, 2.24) is 5.32 Å². The molecule has 2 aliphatic rings. The van der Waals surface area contributed by atoms with Crippen LogP contribution in [0.4, 0.5) is 0 Å². The van der Waals surface area contributed by atoms with Crippen molar-refractivity contribution in [3.8, 4) is 0 Å². The predicted molar refractivity (Wildman–Crippen MR) is 68.4 cm³/mol. The molecule has 0 spiro atoms. The molecule has 0 radical (unpaired) electrons. The molecule has 1 saturated heterocycles. The Morgan fingerprint density at radius 3 is 2.71 bits per heavy atom. The van der Waals surface area contributed by atoms with Crippen LogP contribution in [0, 0.1) is 5.92 Å². The van der Waals surface area contributed by atoms with Gasteiger partial charge in [-0.1, -0.05) is 13.3 Å². The Hall–Kier alpha value is 0.660. The molecule has 1 aliphatic carbocycles. The summed E-state index contributed by atoms with van der Waals surface area (Å²) < 4.78 is 0. The van der Waals surface area contributed by atoms with E-state index in [1.54, 1.807) is 0 Å². The molecule has 1 heterocycles. The van der Waals surface area contributed by atoms with E-state index in [1.165, 1.54) is 36.5 Å². The number of hydrogen-bond donors (Lipinski definition) is 1. The van der Waals surface area contributed by atoms with Crippen molar-refractivity contribution >= 4 is 23.5 Å². The molecular weight excluding hydrogens is 210 g/mol. The summed E-state index contributed by atoms with van der Waals surface area (Å²) in [4.78, 5) is 0. The van der Waals surface area contributed by atoms with Crippen LogP contribution in [0.5, 0.6) is 0 Å². The van der Waals surface area contributed by atoms with Crippen LogP contribution in [0.3, 0.4) is 0 Å². The minimum atomic E-state index is 0.812. The van der Waals surface area contributed by atoms with Crippen molar-refractivity contribution in [2.24, 2.45) is 5.92 Å². The lowest BCUT2D eigenvalue weighted by molar-refractivity contribution is 0.231. The van der Waals surface area contributed by atoms with Crippen LogP contribution in [0.2, 0.25) is 0 Å². The van der Waals surface area contributed by atoms with Gasteiger partial charge in [-0.05, 0) is 25.3 Å². The zero-order valence-electron chi connectivity index (χ0n) is 9.00. The van der Waals surface area contributed by atoms with Gasteiger partial charge in [0, 0.05) is 28.6 Å². The molecule has 2 atom stereocenters. The average molecular weight is 231 g/mol. The lowest BCUT2D eigenvalue weighted by atomic mass is 9.78. The number of rotatable bonds is 4. The first-order chi connectivity index (χ1) is 6.92. The fourth-order valence-corrected chi connectivity index (χ4v) is 5.31. The topological polar surface area (TPSA) is 12.0 Å². The Balaban J connectivity index is 1.86. The van der Waals surface area contributed by atoms with Crippen LogP contribution in [-0.2, 0) is 0 Å². The van der Waals surface area contributed by atoms with Crippen molar-refractivity contribution in [2.45, 2.75) is 37.5 Å². The fraction of sp³-hybridized carbons (Fsp3) is 1.00. The van der Waals surface area contributed by atoms with Crippen molar-refractivity contribution < 1.29 is 0 Å². The highest BCUT2D eigenvalue weighted by Crippen LogP contribution is 2.37. The fourth-order valence-electron chi connectivity index (χ4n) is 2.35. The summed E-state index contributed by atoms with van der Waals surface area (Å²) in [5, 5.41) is 4.61. The normalized spacial score (nSPS) is 31.1. The third-order valence-electron chi connectivity index (χ3n) is 3.34. The van der Waals surface area contributed by atoms with E-state index in [1.807, 2.05) is 0 Å². The van der Waals surface area contributed by atoms with Gasteiger partial charge in [0.25, 0.3) is 0 Å². The van der Waals surface area contributed by atoms with Gasteiger partial charge in [-0.25, -0.2) is 0 Å². The molecule has 2 unspecified atom stereocenters. The number of thioether (sulfide) groups is 2. The maximum atomic E-state index is 3.72. The van der Waals surface area contributed by atoms with Crippen LogP contribution in [0.25, 0.3) is 0 Å². The van der Waals surface area contributed by atoms with E-state index in [4.69, 9.17) is 0 Å². The zero-order chi connectivity index (χ0) is 9.80. The second kappa shape index (κ2) is 5.66. The Morgan fingerprint density at radius 1 is 1.36 bits per heavy atom. The highest BCUT2D eigenvalue weighted by molar-refractivity contribution is 8.06. The van der Waals surface area contributed by atoms with Gasteiger partial charge in [0.05, 0.1) is 0 Å². The summed E-state index contributed by atoms with van der Waals surface area (Å²) in [5.41, 5.74) is 0. The van der Waals surface area contributed by atoms with E-state index in [-0.39, 0.29) is 0 Å². The lowest BCUT2D eigenvalue weighted by Gasteiger charge is -2.40. The molecular formula is C11H21NS2. The second-order valence-electron chi connectivity index (χ2n) is 4.26. The maximum Gasteiger partial charge on any atom is 0.0294 e. The summed E-state index contributed by atoms with van der Waals surface area (Å²) in [6.07, 6.45) is 4.41. The van der Waals surface area contributed by atoms with Crippen LogP contribution < -0.4 is 5.32 Å². The molecule has 0 amide bonds. The van der Waals surface area contributed by atoms with Crippen molar-refractivity contribution in [1.29, 1.82) is 0 Å². The monoisotopic (exact) mass is 231 g/mol. The molecule has 3 heteroatoms. The summed E-state index contributed by atoms with van der Waals surface area (Å²) in [5.74, 6) is 5.10. The van der Waals surface area contributed by atoms with Gasteiger partial charge in [-0.3, -0.25) is 0 Å². The number of nitrogens with one attached hydrogen (secondary N) is 1. The van der Waals surface area contributed by atoms with Crippen molar-refractivity contribution in [2.75, 3.05) is 23.8 Å². The first kappa shape index (κ1) is 11.2. The largest absolute Gasteiger partial charge is 0.313 e. The van der Waals surface area contributed by atoms with Gasteiger partial charge < -0.3 is 5.32 Å². The van der Waals surface area contributed by atoms with Crippen LogP contribution in [-0.4, -0.2) is 35.1 Å². The van der Waals surface area contributed by atoms with E-state index in [2.05, 4.69) is 35.8 Å². The highest BCUT2D eigenvalue weighted by Gasteiger charge is 2.33. The highest BCUT2D eigenvalue weighted by atomic mass is 32.2. The van der Waals surface area contributed by atoms with Gasteiger partial charge in [-0.2, -0.15) is 23.5 Å². The summed E-state index contributed by atoms with van der Waals surface area (Å²) >= 11 is 4.35. The van der Waals surface area contributed by atoms with Crippen molar-refractivity contribution in [3.63, 3.8) is 0 Å². The molecule has 0 bridgehead atoms. The quantitative estimate of drug-likeness (QED) is 0.799. The van der Waals surface area contributed by atoms with Gasteiger partial charge in [-0.15, -0.1) is 0 Å². The molecule has 1 N–H and O–H groups in total. The number of hydrogen-bond acceptors (Lipinski definition) is 3. The molecule has 2 rings (SSSR count). The first-order valence-corrected chi connectivity index (χ1v) is 8.05. The Kier molecular flexibility index (Phi) is 4.51. The minimum Gasteiger partial charge on any atom is -0.313 e.